The van der Waals surface area contributed by atoms with Gasteiger partial charge in [-0.3, -0.25) is 0 Å². The standard InChI is InChI=1S/C23H23ClFN5O3/c1-15-13-29(9-10-30(15)23(31)28-17-4-6-18(32-2)7-5-17)21-12-22(27-14-26-21)33-20-8-3-16(25)11-19(20)24/h3-8,11-12,14-15H,9-10,13H2,1-2H3,(H,28,31)/t15-/m0/s1. The van der Waals surface area contributed by atoms with Gasteiger partial charge >= 0.3 is 6.03 Å². The summed E-state index contributed by atoms with van der Waals surface area (Å²) in [6.07, 6.45) is 1.40. The maximum absolute atomic E-state index is 13.3. The van der Waals surface area contributed by atoms with Crippen molar-refractivity contribution in [3.8, 4) is 17.4 Å². The molecule has 33 heavy (non-hydrogen) atoms. The van der Waals surface area contributed by atoms with Crippen LogP contribution in [-0.2, 0) is 0 Å². The van der Waals surface area contributed by atoms with E-state index in [2.05, 4.69) is 20.2 Å². The molecule has 1 aliphatic heterocycles. The zero-order valence-corrected chi connectivity index (χ0v) is 18.9. The SMILES string of the molecule is COc1ccc(NC(=O)N2CCN(c3cc(Oc4ccc(F)cc4Cl)ncn3)C[C@@H]2C)cc1. The van der Waals surface area contributed by atoms with Crippen LogP contribution < -0.4 is 19.7 Å². The molecule has 1 N–H and O–H groups in total. The van der Waals surface area contributed by atoms with Gasteiger partial charge in [0.05, 0.1) is 12.1 Å². The van der Waals surface area contributed by atoms with Gasteiger partial charge in [-0.15, -0.1) is 0 Å². The molecule has 3 aromatic rings. The van der Waals surface area contributed by atoms with E-state index >= 15 is 0 Å². The topological polar surface area (TPSA) is 79.8 Å². The Balaban J connectivity index is 1.39. The van der Waals surface area contributed by atoms with Gasteiger partial charge in [-0.1, -0.05) is 11.6 Å². The summed E-state index contributed by atoms with van der Waals surface area (Å²) in [5, 5.41) is 3.07. The van der Waals surface area contributed by atoms with Crippen LogP contribution in [0.3, 0.4) is 0 Å². The number of carbonyl (C=O) groups excluding carboxylic acids is 1. The molecule has 2 amide bonds. The number of nitrogens with zero attached hydrogens (tertiary/aromatic N) is 4. The second-order valence-electron chi connectivity index (χ2n) is 7.54. The maximum Gasteiger partial charge on any atom is 0.322 e. The number of hydrogen-bond acceptors (Lipinski definition) is 6. The summed E-state index contributed by atoms with van der Waals surface area (Å²) in [7, 11) is 1.60. The lowest BCUT2D eigenvalue weighted by molar-refractivity contribution is 0.184. The quantitative estimate of drug-likeness (QED) is 0.575. The summed E-state index contributed by atoms with van der Waals surface area (Å²) in [5.41, 5.74) is 0.701. The molecule has 2 heterocycles. The minimum Gasteiger partial charge on any atom is -0.497 e. The Morgan fingerprint density at radius 1 is 1.15 bits per heavy atom. The van der Waals surface area contributed by atoms with E-state index in [-0.39, 0.29) is 17.1 Å². The van der Waals surface area contributed by atoms with Crippen LogP contribution in [0, 0.1) is 5.82 Å². The highest BCUT2D eigenvalue weighted by Gasteiger charge is 2.28. The van der Waals surface area contributed by atoms with Crippen molar-refractivity contribution in [2.24, 2.45) is 0 Å². The van der Waals surface area contributed by atoms with Crippen LogP contribution in [0.2, 0.25) is 5.02 Å². The van der Waals surface area contributed by atoms with E-state index in [0.29, 0.717) is 42.8 Å². The van der Waals surface area contributed by atoms with Gasteiger partial charge in [0.2, 0.25) is 5.88 Å². The fourth-order valence-corrected chi connectivity index (χ4v) is 3.77. The van der Waals surface area contributed by atoms with Gasteiger partial charge in [0.1, 0.15) is 29.5 Å². The maximum atomic E-state index is 13.3. The Kier molecular flexibility index (Phi) is 6.79. The molecule has 1 atom stereocenters. The van der Waals surface area contributed by atoms with Crippen molar-refractivity contribution in [3.05, 3.63) is 65.7 Å². The van der Waals surface area contributed by atoms with Crippen LogP contribution in [0.4, 0.5) is 20.7 Å². The van der Waals surface area contributed by atoms with Gasteiger partial charge in [-0.2, -0.15) is 0 Å². The molecule has 1 saturated heterocycles. The first-order valence-corrected chi connectivity index (χ1v) is 10.7. The van der Waals surface area contributed by atoms with E-state index in [1.54, 1.807) is 42.3 Å². The predicted octanol–water partition coefficient (Wildman–Crippen LogP) is 4.81. The van der Waals surface area contributed by atoms with Crippen LogP contribution in [0.25, 0.3) is 0 Å². The number of aromatic nitrogens is 2. The highest BCUT2D eigenvalue weighted by Crippen LogP contribution is 2.30. The molecule has 10 heteroatoms. The summed E-state index contributed by atoms with van der Waals surface area (Å²) in [5.74, 6) is 1.54. The first kappa shape index (κ1) is 22.6. The lowest BCUT2D eigenvalue weighted by Crippen LogP contribution is -2.55. The number of methoxy groups -OCH3 is 1. The van der Waals surface area contributed by atoms with Gasteiger partial charge in [0, 0.05) is 37.4 Å². The van der Waals surface area contributed by atoms with Gasteiger partial charge in [-0.25, -0.2) is 19.2 Å². The van der Waals surface area contributed by atoms with Crippen molar-refractivity contribution >= 4 is 29.1 Å². The molecular weight excluding hydrogens is 449 g/mol. The van der Waals surface area contributed by atoms with Gasteiger partial charge in [0.25, 0.3) is 0 Å². The average molecular weight is 472 g/mol. The Bertz CT molecular complexity index is 1130. The summed E-state index contributed by atoms with van der Waals surface area (Å²) in [6, 6.07) is 12.6. The molecule has 8 nitrogen and oxygen atoms in total. The summed E-state index contributed by atoms with van der Waals surface area (Å²) < 4.78 is 24.1. The molecule has 0 radical (unpaired) electrons. The van der Waals surface area contributed by atoms with E-state index in [1.807, 2.05) is 6.92 Å². The van der Waals surface area contributed by atoms with Crippen LogP contribution in [0.1, 0.15) is 6.92 Å². The van der Waals surface area contributed by atoms with Gasteiger partial charge < -0.3 is 24.6 Å². The Hall–Kier alpha value is -3.59. The van der Waals surface area contributed by atoms with Crippen molar-refractivity contribution in [2.75, 3.05) is 37.0 Å². The van der Waals surface area contributed by atoms with E-state index in [4.69, 9.17) is 21.1 Å². The van der Waals surface area contributed by atoms with E-state index in [1.165, 1.54) is 24.5 Å². The third-order valence-electron chi connectivity index (χ3n) is 5.29. The highest BCUT2D eigenvalue weighted by atomic mass is 35.5. The molecule has 2 aromatic carbocycles. The smallest absolute Gasteiger partial charge is 0.322 e. The summed E-state index contributed by atoms with van der Waals surface area (Å²) in [6.45, 7) is 3.68. The largest absolute Gasteiger partial charge is 0.497 e. The summed E-state index contributed by atoms with van der Waals surface area (Å²) >= 11 is 6.04. The zero-order chi connectivity index (χ0) is 23.4. The monoisotopic (exact) mass is 471 g/mol. The third-order valence-corrected chi connectivity index (χ3v) is 5.59. The number of piperazine rings is 1. The number of ether oxygens (including phenoxy) is 2. The van der Waals surface area contributed by atoms with Crippen LogP contribution in [0.15, 0.2) is 54.9 Å². The van der Waals surface area contributed by atoms with E-state index in [0.717, 1.165) is 5.75 Å². The number of hydrogen-bond donors (Lipinski definition) is 1. The Morgan fingerprint density at radius 2 is 1.94 bits per heavy atom. The first-order chi connectivity index (χ1) is 15.9. The average Bonchev–Trinajstić information content (AvgIpc) is 2.81. The lowest BCUT2D eigenvalue weighted by Gasteiger charge is -2.40. The fraction of sp³-hybridized carbons (Fsp3) is 0.261. The first-order valence-electron chi connectivity index (χ1n) is 10.3. The molecule has 0 bridgehead atoms. The number of nitrogens with one attached hydrogen (secondary N) is 1. The zero-order valence-electron chi connectivity index (χ0n) is 18.2. The molecule has 0 saturated carbocycles. The predicted molar refractivity (Wildman–Crippen MR) is 124 cm³/mol. The number of halogens is 2. The lowest BCUT2D eigenvalue weighted by atomic mass is 10.2. The van der Waals surface area contributed by atoms with Gasteiger partial charge in [-0.05, 0) is 49.4 Å². The molecular formula is C23H23ClFN5O3. The van der Waals surface area contributed by atoms with E-state index < -0.39 is 5.82 Å². The van der Waals surface area contributed by atoms with Crippen molar-refractivity contribution in [1.82, 2.24) is 14.9 Å². The molecule has 1 aliphatic rings. The number of amides is 2. The third kappa shape index (κ3) is 5.43. The van der Waals surface area contributed by atoms with Crippen molar-refractivity contribution in [1.29, 1.82) is 0 Å². The number of urea groups is 1. The molecule has 172 valence electrons. The summed E-state index contributed by atoms with van der Waals surface area (Å²) in [4.78, 5) is 25.1. The minimum absolute atomic E-state index is 0.0529. The Morgan fingerprint density at radius 3 is 2.64 bits per heavy atom. The Labute approximate surface area is 195 Å². The van der Waals surface area contributed by atoms with Crippen LogP contribution >= 0.6 is 11.6 Å². The minimum atomic E-state index is -0.446. The molecule has 1 aromatic heterocycles. The molecule has 0 spiro atoms. The van der Waals surface area contributed by atoms with Crippen molar-refractivity contribution < 1.29 is 18.7 Å². The van der Waals surface area contributed by atoms with Crippen molar-refractivity contribution in [3.63, 3.8) is 0 Å². The molecule has 1 fully saturated rings. The van der Waals surface area contributed by atoms with Crippen LogP contribution in [0.5, 0.6) is 17.4 Å². The van der Waals surface area contributed by atoms with E-state index in [9.17, 15) is 9.18 Å². The fourth-order valence-electron chi connectivity index (χ4n) is 3.57. The highest BCUT2D eigenvalue weighted by molar-refractivity contribution is 6.32. The molecule has 0 unspecified atom stereocenters. The van der Waals surface area contributed by atoms with Gasteiger partial charge in [0.15, 0.2) is 0 Å². The second-order valence-corrected chi connectivity index (χ2v) is 7.95. The van der Waals surface area contributed by atoms with Crippen molar-refractivity contribution in [2.45, 2.75) is 13.0 Å². The number of benzene rings is 2. The molecule has 4 rings (SSSR count). The molecule has 0 aliphatic carbocycles. The number of carbonyl (C=O) groups is 1. The number of rotatable bonds is 5. The second kappa shape index (κ2) is 9.91. The number of anilines is 2. The van der Waals surface area contributed by atoms with Crippen LogP contribution in [-0.4, -0.2) is 53.7 Å². The normalized spacial score (nSPS) is 15.8.